The summed E-state index contributed by atoms with van der Waals surface area (Å²) in [7, 11) is -2.97. The van der Waals surface area contributed by atoms with Crippen LogP contribution in [0.3, 0.4) is 0 Å². The van der Waals surface area contributed by atoms with Gasteiger partial charge in [0.05, 0.1) is 5.75 Å². The summed E-state index contributed by atoms with van der Waals surface area (Å²) in [5.74, 6) is 0.919. The second-order valence-electron chi connectivity index (χ2n) is 5.43. The van der Waals surface area contributed by atoms with Gasteiger partial charge < -0.3 is 15.4 Å². The number of sulfone groups is 1. The predicted octanol–water partition coefficient (Wildman–Crippen LogP) is 1.43. The lowest BCUT2D eigenvalue weighted by Crippen LogP contribution is -2.42. The molecule has 1 aromatic carbocycles. The van der Waals surface area contributed by atoms with Gasteiger partial charge in [-0.1, -0.05) is 6.92 Å². The summed E-state index contributed by atoms with van der Waals surface area (Å²) in [6.07, 6.45) is 2.21. The average molecular weight is 312 g/mol. The highest BCUT2D eigenvalue weighted by Crippen LogP contribution is 2.22. The van der Waals surface area contributed by atoms with E-state index in [2.05, 4.69) is 4.90 Å². The number of anilines is 1. The van der Waals surface area contributed by atoms with Crippen molar-refractivity contribution in [3.05, 3.63) is 24.3 Å². The highest BCUT2D eigenvalue weighted by molar-refractivity contribution is 7.91. The second-order valence-corrected chi connectivity index (χ2v) is 7.90. The number of piperidine rings is 1. The normalized spacial score (nSPS) is 19.5. The molecule has 1 aromatic rings. The maximum absolute atomic E-state index is 11.4. The molecule has 0 aliphatic carbocycles. The predicted molar refractivity (Wildman–Crippen MR) is 85.7 cm³/mol. The molecule has 0 radical (unpaired) electrons. The van der Waals surface area contributed by atoms with Crippen LogP contribution < -0.4 is 15.4 Å². The molecule has 2 N–H and O–H groups in total. The average Bonchev–Trinajstić information content (AvgIpc) is 2.48. The summed E-state index contributed by atoms with van der Waals surface area (Å²) < 4.78 is 28.2. The van der Waals surface area contributed by atoms with Gasteiger partial charge >= 0.3 is 0 Å². The van der Waals surface area contributed by atoms with Gasteiger partial charge in [-0.2, -0.15) is 0 Å². The molecule has 5 nitrogen and oxygen atoms in total. The van der Waals surface area contributed by atoms with Gasteiger partial charge in [0.25, 0.3) is 0 Å². The molecule has 1 unspecified atom stereocenters. The van der Waals surface area contributed by atoms with Crippen LogP contribution in [-0.4, -0.2) is 45.7 Å². The molecule has 0 bridgehead atoms. The first-order valence-electron chi connectivity index (χ1n) is 7.44. The second kappa shape index (κ2) is 7.13. The summed E-state index contributed by atoms with van der Waals surface area (Å²) in [5.41, 5.74) is 7.13. The SMILES string of the molecule is CCS(=O)(=O)CCOc1ccc(N2CCCC(N)C2)cc1. The lowest BCUT2D eigenvalue weighted by atomic mass is 10.1. The third-order valence-electron chi connectivity index (χ3n) is 3.76. The fourth-order valence-corrected chi connectivity index (χ4v) is 3.05. The number of ether oxygens (including phenoxy) is 1. The highest BCUT2D eigenvalue weighted by atomic mass is 32.2. The number of hydrogen-bond acceptors (Lipinski definition) is 5. The number of benzene rings is 1. The number of nitrogens with zero attached hydrogens (tertiary/aromatic N) is 1. The van der Waals surface area contributed by atoms with Crippen molar-refractivity contribution in [1.82, 2.24) is 0 Å². The summed E-state index contributed by atoms with van der Waals surface area (Å²) in [4.78, 5) is 2.28. The van der Waals surface area contributed by atoms with Crippen LogP contribution in [0.15, 0.2) is 24.3 Å². The van der Waals surface area contributed by atoms with Crippen molar-refractivity contribution in [2.24, 2.45) is 5.73 Å². The number of hydrogen-bond donors (Lipinski definition) is 1. The Hall–Kier alpha value is -1.27. The van der Waals surface area contributed by atoms with E-state index < -0.39 is 9.84 Å². The summed E-state index contributed by atoms with van der Waals surface area (Å²) in [6.45, 7) is 3.76. The molecule has 1 fully saturated rings. The van der Waals surface area contributed by atoms with Crippen molar-refractivity contribution >= 4 is 15.5 Å². The van der Waals surface area contributed by atoms with Crippen LogP contribution in [0.5, 0.6) is 5.75 Å². The minimum absolute atomic E-state index is 0.0617. The number of rotatable bonds is 6. The van der Waals surface area contributed by atoms with E-state index >= 15 is 0 Å². The van der Waals surface area contributed by atoms with E-state index in [1.807, 2.05) is 24.3 Å². The molecule has 1 atom stereocenters. The van der Waals surface area contributed by atoms with E-state index in [1.54, 1.807) is 6.92 Å². The lowest BCUT2D eigenvalue weighted by molar-refractivity contribution is 0.341. The van der Waals surface area contributed by atoms with Crippen LogP contribution in [0.1, 0.15) is 19.8 Å². The summed E-state index contributed by atoms with van der Waals surface area (Å²) in [6, 6.07) is 8.01. The monoisotopic (exact) mass is 312 g/mol. The minimum Gasteiger partial charge on any atom is -0.493 e. The molecule has 118 valence electrons. The standard InChI is InChI=1S/C15H24N2O3S/c1-2-21(18,19)11-10-20-15-7-5-14(6-8-15)17-9-3-4-13(16)12-17/h5-8,13H,2-4,9-12,16H2,1H3. The first-order chi connectivity index (χ1) is 10.00. The smallest absolute Gasteiger partial charge is 0.153 e. The molecule has 1 aliphatic rings. The van der Waals surface area contributed by atoms with Crippen molar-refractivity contribution < 1.29 is 13.2 Å². The van der Waals surface area contributed by atoms with E-state index in [0.29, 0.717) is 5.75 Å². The van der Waals surface area contributed by atoms with E-state index in [0.717, 1.165) is 31.6 Å². The van der Waals surface area contributed by atoms with Gasteiger partial charge in [0, 0.05) is 30.6 Å². The Morgan fingerprint density at radius 1 is 1.33 bits per heavy atom. The fraction of sp³-hybridized carbons (Fsp3) is 0.600. The number of nitrogens with two attached hydrogens (primary N) is 1. The molecular formula is C15H24N2O3S. The van der Waals surface area contributed by atoms with Gasteiger partial charge in [-0.3, -0.25) is 0 Å². The van der Waals surface area contributed by atoms with Crippen LogP contribution in [-0.2, 0) is 9.84 Å². The van der Waals surface area contributed by atoms with Gasteiger partial charge in [0.2, 0.25) is 0 Å². The molecule has 2 rings (SSSR count). The van der Waals surface area contributed by atoms with Crippen LogP contribution >= 0.6 is 0 Å². The van der Waals surface area contributed by atoms with E-state index in [4.69, 9.17) is 10.5 Å². The Bertz CT molecular complexity index is 543. The van der Waals surface area contributed by atoms with Crippen molar-refractivity contribution in [3.63, 3.8) is 0 Å². The topological polar surface area (TPSA) is 72.6 Å². The molecule has 0 amide bonds. The van der Waals surface area contributed by atoms with Crippen molar-refractivity contribution in [2.75, 3.05) is 36.1 Å². The molecular weight excluding hydrogens is 288 g/mol. The zero-order chi connectivity index (χ0) is 15.3. The van der Waals surface area contributed by atoms with Crippen molar-refractivity contribution in [1.29, 1.82) is 0 Å². The van der Waals surface area contributed by atoms with Gasteiger partial charge in [-0.05, 0) is 37.1 Å². The van der Waals surface area contributed by atoms with E-state index in [9.17, 15) is 8.42 Å². The van der Waals surface area contributed by atoms with E-state index in [1.165, 1.54) is 0 Å². The van der Waals surface area contributed by atoms with E-state index in [-0.39, 0.29) is 24.2 Å². The first-order valence-corrected chi connectivity index (χ1v) is 9.26. The highest BCUT2D eigenvalue weighted by Gasteiger charge is 2.16. The molecule has 6 heteroatoms. The maximum Gasteiger partial charge on any atom is 0.153 e. The fourth-order valence-electron chi connectivity index (χ4n) is 2.43. The van der Waals surface area contributed by atoms with Gasteiger partial charge in [0.15, 0.2) is 9.84 Å². The molecule has 1 saturated heterocycles. The minimum atomic E-state index is -2.97. The zero-order valence-electron chi connectivity index (χ0n) is 12.5. The zero-order valence-corrected chi connectivity index (χ0v) is 13.3. The first kappa shape index (κ1) is 16.1. The quantitative estimate of drug-likeness (QED) is 0.860. The third-order valence-corrected chi connectivity index (χ3v) is 5.43. The molecule has 0 saturated carbocycles. The molecule has 1 aliphatic heterocycles. The molecule has 0 aromatic heterocycles. The molecule has 21 heavy (non-hydrogen) atoms. The largest absolute Gasteiger partial charge is 0.493 e. The Balaban J connectivity index is 1.87. The van der Waals surface area contributed by atoms with Crippen LogP contribution in [0.4, 0.5) is 5.69 Å². The van der Waals surface area contributed by atoms with Gasteiger partial charge in [-0.15, -0.1) is 0 Å². The van der Waals surface area contributed by atoms with Crippen LogP contribution in [0, 0.1) is 0 Å². The third kappa shape index (κ3) is 4.89. The summed E-state index contributed by atoms with van der Waals surface area (Å²) >= 11 is 0. The Morgan fingerprint density at radius 2 is 2.05 bits per heavy atom. The van der Waals surface area contributed by atoms with Gasteiger partial charge in [-0.25, -0.2) is 8.42 Å². The molecule has 0 spiro atoms. The Labute approximate surface area is 127 Å². The van der Waals surface area contributed by atoms with Gasteiger partial charge in [0.1, 0.15) is 12.4 Å². The lowest BCUT2D eigenvalue weighted by Gasteiger charge is -2.32. The van der Waals surface area contributed by atoms with Crippen molar-refractivity contribution in [3.8, 4) is 5.75 Å². The summed E-state index contributed by atoms with van der Waals surface area (Å²) in [5, 5.41) is 0. The van der Waals surface area contributed by atoms with Crippen LogP contribution in [0.25, 0.3) is 0 Å². The van der Waals surface area contributed by atoms with Crippen molar-refractivity contribution in [2.45, 2.75) is 25.8 Å². The maximum atomic E-state index is 11.4. The Kier molecular flexibility index (Phi) is 5.47. The molecule has 1 heterocycles. The Morgan fingerprint density at radius 3 is 2.67 bits per heavy atom. The van der Waals surface area contributed by atoms with Crippen LogP contribution in [0.2, 0.25) is 0 Å².